The van der Waals surface area contributed by atoms with Crippen molar-refractivity contribution in [2.24, 2.45) is 5.92 Å². The predicted molar refractivity (Wildman–Crippen MR) is 87.8 cm³/mol. The lowest BCUT2D eigenvalue weighted by atomic mass is 9.86. The van der Waals surface area contributed by atoms with Crippen LogP contribution in [-0.4, -0.2) is 12.1 Å². The number of carbonyl (C=O) groups excluding carboxylic acids is 2. The van der Waals surface area contributed by atoms with Crippen LogP contribution in [0.15, 0.2) is 24.3 Å². The first-order chi connectivity index (χ1) is 9.88. The van der Waals surface area contributed by atoms with Crippen LogP contribution in [-0.2, 0) is 10.2 Å². The lowest BCUT2D eigenvalue weighted by molar-refractivity contribution is -0.111. The molecule has 0 saturated heterocycles. The zero-order valence-corrected chi connectivity index (χ0v) is 13.8. The summed E-state index contributed by atoms with van der Waals surface area (Å²) in [6.45, 7) is 8.59. The highest BCUT2D eigenvalue weighted by Gasteiger charge is 2.15. The number of hydrogen-bond acceptors (Lipinski definition) is 2. The van der Waals surface area contributed by atoms with Crippen molar-refractivity contribution in [1.82, 2.24) is 0 Å². The second-order valence-corrected chi connectivity index (χ2v) is 6.83. The van der Waals surface area contributed by atoms with Crippen LogP contribution in [0, 0.1) is 5.92 Å². The van der Waals surface area contributed by atoms with Gasteiger partial charge in [0, 0.05) is 17.9 Å². The fourth-order valence-corrected chi connectivity index (χ4v) is 2.36. The van der Waals surface area contributed by atoms with E-state index in [-0.39, 0.29) is 17.1 Å². The first kappa shape index (κ1) is 17.6. The number of benzene rings is 1. The molecule has 0 fully saturated rings. The maximum absolute atomic E-state index is 12.2. The van der Waals surface area contributed by atoms with Crippen LogP contribution in [0.2, 0.25) is 0 Å². The van der Waals surface area contributed by atoms with E-state index in [9.17, 15) is 9.59 Å². The molecule has 0 bridgehead atoms. The lowest BCUT2D eigenvalue weighted by Crippen LogP contribution is -2.11. The zero-order valence-electron chi connectivity index (χ0n) is 13.8. The predicted octanol–water partition coefficient (Wildman–Crippen LogP) is 4.95. The van der Waals surface area contributed by atoms with E-state index in [1.54, 1.807) is 0 Å². The van der Waals surface area contributed by atoms with Gasteiger partial charge in [-0.25, -0.2) is 0 Å². The third-order valence-electron chi connectivity index (χ3n) is 3.94. The molecule has 1 rings (SSSR count). The van der Waals surface area contributed by atoms with E-state index in [2.05, 4.69) is 27.7 Å². The van der Waals surface area contributed by atoms with Gasteiger partial charge in [0.2, 0.25) is 0 Å². The van der Waals surface area contributed by atoms with Crippen LogP contribution in [0.25, 0.3) is 0 Å². The number of carbonyl (C=O) groups is 2. The summed E-state index contributed by atoms with van der Waals surface area (Å²) in [5, 5.41) is 0. The number of Topliss-reactive ketones (excluding diaryl/α,β-unsaturated/α-hetero) is 1. The van der Waals surface area contributed by atoms with Crippen LogP contribution in [0.1, 0.15) is 75.7 Å². The molecule has 0 amide bonds. The Morgan fingerprint density at radius 1 is 1.14 bits per heavy atom. The van der Waals surface area contributed by atoms with Gasteiger partial charge in [0.25, 0.3) is 0 Å². The minimum Gasteiger partial charge on any atom is -0.303 e. The molecule has 1 atom stereocenters. The Hall–Kier alpha value is -1.44. The van der Waals surface area contributed by atoms with E-state index in [0.717, 1.165) is 31.1 Å². The van der Waals surface area contributed by atoms with Gasteiger partial charge in [-0.2, -0.15) is 0 Å². The van der Waals surface area contributed by atoms with Crippen LogP contribution < -0.4 is 0 Å². The largest absolute Gasteiger partial charge is 0.303 e. The molecule has 2 nitrogen and oxygen atoms in total. The summed E-state index contributed by atoms with van der Waals surface area (Å²) < 4.78 is 0. The van der Waals surface area contributed by atoms with Crippen LogP contribution in [0.3, 0.4) is 0 Å². The van der Waals surface area contributed by atoms with E-state index in [1.165, 1.54) is 5.56 Å². The van der Waals surface area contributed by atoms with Crippen molar-refractivity contribution in [2.45, 2.75) is 65.2 Å². The molecule has 0 aliphatic heterocycles. The summed E-state index contributed by atoms with van der Waals surface area (Å²) >= 11 is 0. The Morgan fingerprint density at radius 2 is 1.76 bits per heavy atom. The quantitative estimate of drug-likeness (QED) is 0.501. The fourth-order valence-electron chi connectivity index (χ4n) is 2.36. The number of ketones is 1. The van der Waals surface area contributed by atoms with E-state index in [1.807, 2.05) is 24.3 Å². The summed E-state index contributed by atoms with van der Waals surface area (Å²) in [6, 6.07) is 7.87. The molecule has 1 unspecified atom stereocenters. The van der Waals surface area contributed by atoms with Gasteiger partial charge in [0.15, 0.2) is 5.78 Å². The SMILES string of the molecule is CCCCC(C=O)CCC(=O)c1ccc(C(C)(C)C)cc1. The second kappa shape index (κ2) is 8.11. The highest BCUT2D eigenvalue weighted by Crippen LogP contribution is 2.23. The Morgan fingerprint density at radius 3 is 2.24 bits per heavy atom. The molecule has 0 heterocycles. The van der Waals surface area contributed by atoms with E-state index in [4.69, 9.17) is 0 Å². The second-order valence-electron chi connectivity index (χ2n) is 6.83. The highest BCUT2D eigenvalue weighted by molar-refractivity contribution is 5.96. The Kier molecular flexibility index (Phi) is 6.80. The Bertz CT molecular complexity index is 451. The number of hydrogen-bond donors (Lipinski definition) is 0. The number of unbranched alkanes of at least 4 members (excludes halogenated alkanes) is 1. The third kappa shape index (κ3) is 5.82. The summed E-state index contributed by atoms with van der Waals surface area (Å²) in [6.07, 6.45) is 5.18. The average Bonchev–Trinajstić information content (AvgIpc) is 2.46. The minimum absolute atomic E-state index is 0.0303. The maximum atomic E-state index is 12.2. The van der Waals surface area contributed by atoms with Gasteiger partial charge in [-0.15, -0.1) is 0 Å². The molecule has 0 aromatic heterocycles. The molecule has 1 aromatic carbocycles. The summed E-state index contributed by atoms with van der Waals surface area (Å²) in [5.41, 5.74) is 2.08. The smallest absolute Gasteiger partial charge is 0.162 e. The maximum Gasteiger partial charge on any atom is 0.162 e. The molecule has 0 spiro atoms. The molecular weight excluding hydrogens is 260 g/mol. The Labute approximate surface area is 128 Å². The van der Waals surface area contributed by atoms with Crippen LogP contribution in [0.5, 0.6) is 0 Å². The minimum atomic E-state index is 0.0303. The van der Waals surface area contributed by atoms with Gasteiger partial charge < -0.3 is 4.79 Å². The molecule has 0 radical (unpaired) electrons. The standard InChI is InChI=1S/C19H28O2/c1-5-6-7-15(14-20)8-13-18(21)16-9-11-17(12-10-16)19(2,3)4/h9-12,14-15H,5-8,13H2,1-4H3. The van der Waals surface area contributed by atoms with Crippen LogP contribution in [0.4, 0.5) is 0 Å². The molecule has 116 valence electrons. The van der Waals surface area contributed by atoms with Crippen molar-refractivity contribution in [3.05, 3.63) is 35.4 Å². The van der Waals surface area contributed by atoms with Gasteiger partial charge in [-0.05, 0) is 23.8 Å². The van der Waals surface area contributed by atoms with Crippen molar-refractivity contribution in [3.8, 4) is 0 Å². The molecule has 0 N–H and O–H groups in total. The highest BCUT2D eigenvalue weighted by atomic mass is 16.1. The first-order valence-electron chi connectivity index (χ1n) is 7.97. The average molecular weight is 288 g/mol. The molecule has 0 aliphatic carbocycles. The van der Waals surface area contributed by atoms with E-state index < -0.39 is 0 Å². The van der Waals surface area contributed by atoms with Gasteiger partial charge in [-0.3, -0.25) is 4.79 Å². The molecule has 2 heteroatoms. The summed E-state index contributed by atoms with van der Waals surface area (Å²) in [7, 11) is 0. The first-order valence-corrected chi connectivity index (χ1v) is 7.97. The normalized spacial score (nSPS) is 13.0. The van der Waals surface area contributed by atoms with Gasteiger partial charge in [0.1, 0.15) is 6.29 Å². The van der Waals surface area contributed by atoms with Crippen molar-refractivity contribution < 1.29 is 9.59 Å². The van der Waals surface area contributed by atoms with Crippen molar-refractivity contribution in [1.29, 1.82) is 0 Å². The fraction of sp³-hybridized carbons (Fsp3) is 0.579. The monoisotopic (exact) mass is 288 g/mol. The van der Waals surface area contributed by atoms with Gasteiger partial charge in [0.05, 0.1) is 0 Å². The van der Waals surface area contributed by atoms with Gasteiger partial charge in [-0.1, -0.05) is 64.8 Å². The van der Waals surface area contributed by atoms with E-state index >= 15 is 0 Å². The topological polar surface area (TPSA) is 34.1 Å². The molecule has 0 saturated carbocycles. The van der Waals surface area contributed by atoms with Crippen molar-refractivity contribution in [2.75, 3.05) is 0 Å². The van der Waals surface area contributed by atoms with Crippen LogP contribution >= 0.6 is 0 Å². The summed E-state index contributed by atoms with van der Waals surface area (Å²) in [4.78, 5) is 23.2. The Balaban J connectivity index is 2.57. The molecule has 21 heavy (non-hydrogen) atoms. The number of aldehydes is 1. The van der Waals surface area contributed by atoms with Crippen molar-refractivity contribution in [3.63, 3.8) is 0 Å². The third-order valence-corrected chi connectivity index (χ3v) is 3.94. The van der Waals surface area contributed by atoms with E-state index in [0.29, 0.717) is 12.8 Å². The summed E-state index contributed by atoms with van der Waals surface area (Å²) in [5.74, 6) is 0.168. The number of rotatable bonds is 8. The van der Waals surface area contributed by atoms with Gasteiger partial charge >= 0.3 is 0 Å². The zero-order chi connectivity index (χ0) is 15.9. The molecule has 1 aromatic rings. The molecule has 0 aliphatic rings. The van der Waals surface area contributed by atoms with Crippen molar-refractivity contribution >= 4 is 12.1 Å². The molecular formula is C19H28O2. The lowest BCUT2D eigenvalue weighted by Gasteiger charge is -2.19.